The molecule has 8 heteroatoms. The molecular weight excluding hydrogens is 412 g/mol. The molecule has 2 aromatic carbocycles. The summed E-state index contributed by atoms with van der Waals surface area (Å²) in [5.74, 6) is 1.32. The van der Waals surface area contributed by atoms with Gasteiger partial charge in [-0.1, -0.05) is 19.3 Å². The second kappa shape index (κ2) is 10.7. The Labute approximate surface area is 188 Å². The van der Waals surface area contributed by atoms with E-state index in [0.29, 0.717) is 39.9 Å². The van der Waals surface area contributed by atoms with Crippen LogP contribution in [0.5, 0.6) is 23.0 Å². The van der Waals surface area contributed by atoms with Crippen LogP contribution in [0.1, 0.15) is 42.5 Å². The van der Waals surface area contributed by atoms with Gasteiger partial charge in [0.2, 0.25) is 11.7 Å². The first kappa shape index (κ1) is 23.2. The molecule has 0 atom stereocenters. The highest BCUT2D eigenvalue weighted by atomic mass is 16.5. The Bertz CT molecular complexity index is 944. The summed E-state index contributed by atoms with van der Waals surface area (Å²) < 4.78 is 21.3. The molecule has 32 heavy (non-hydrogen) atoms. The molecule has 2 amide bonds. The minimum atomic E-state index is -0.362. The average molecular weight is 443 g/mol. The molecular formula is C24H30N2O6. The first-order valence-corrected chi connectivity index (χ1v) is 10.6. The first-order chi connectivity index (χ1) is 15.5. The van der Waals surface area contributed by atoms with Gasteiger partial charge in [0, 0.05) is 17.2 Å². The standard InChI is InChI=1S/C24H30N2O6/c1-29-19-11-10-17(14-18(19)26-23(27)15-8-6-5-7-9-15)25-24(28)16-12-20(30-2)22(32-4)21(13-16)31-3/h10-15H,5-9H2,1-4H3,(H,25,28)(H,26,27). The van der Waals surface area contributed by atoms with Gasteiger partial charge < -0.3 is 29.6 Å². The summed E-state index contributed by atoms with van der Waals surface area (Å²) in [6.07, 6.45) is 5.10. The summed E-state index contributed by atoms with van der Waals surface area (Å²) in [5, 5.41) is 5.81. The van der Waals surface area contributed by atoms with Gasteiger partial charge in [-0.25, -0.2) is 0 Å². The van der Waals surface area contributed by atoms with Gasteiger partial charge in [0.15, 0.2) is 11.5 Å². The van der Waals surface area contributed by atoms with Gasteiger partial charge in [-0.05, 0) is 43.2 Å². The summed E-state index contributed by atoms with van der Waals surface area (Å²) in [6, 6.07) is 8.26. The lowest BCUT2D eigenvalue weighted by Crippen LogP contribution is -2.25. The van der Waals surface area contributed by atoms with Crippen molar-refractivity contribution in [1.29, 1.82) is 0 Å². The molecule has 1 saturated carbocycles. The van der Waals surface area contributed by atoms with Gasteiger partial charge in [-0.15, -0.1) is 0 Å². The average Bonchev–Trinajstić information content (AvgIpc) is 2.83. The van der Waals surface area contributed by atoms with E-state index in [-0.39, 0.29) is 17.7 Å². The normalized spacial score (nSPS) is 13.8. The molecule has 1 fully saturated rings. The van der Waals surface area contributed by atoms with E-state index in [0.717, 1.165) is 25.7 Å². The Kier molecular flexibility index (Phi) is 7.81. The third-order valence-corrected chi connectivity index (χ3v) is 5.62. The van der Waals surface area contributed by atoms with Crippen LogP contribution in [0.4, 0.5) is 11.4 Å². The second-order valence-electron chi connectivity index (χ2n) is 7.61. The van der Waals surface area contributed by atoms with Crippen LogP contribution in [-0.4, -0.2) is 40.3 Å². The molecule has 0 unspecified atom stereocenters. The fourth-order valence-electron chi connectivity index (χ4n) is 3.90. The topological polar surface area (TPSA) is 95.1 Å². The Morgan fingerprint density at radius 1 is 0.781 bits per heavy atom. The highest BCUT2D eigenvalue weighted by Gasteiger charge is 2.22. The molecule has 0 aliphatic heterocycles. The van der Waals surface area contributed by atoms with E-state index in [4.69, 9.17) is 18.9 Å². The quantitative estimate of drug-likeness (QED) is 0.625. The van der Waals surface area contributed by atoms with Crippen molar-refractivity contribution in [2.24, 2.45) is 5.92 Å². The van der Waals surface area contributed by atoms with Crippen molar-refractivity contribution in [3.05, 3.63) is 35.9 Å². The zero-order valence-electron chi connectivity index (χ0n) is 18.9. The monoisotopic (exact) mass is 442 g/mol. The lowest BCUT2D eigenvalue weighted by Gasteiger charge is -2.21. The van der Waals surface area contributed by atoms with Crippen molar-refractivity contribution in [3.8, 4) is 23.0 Å². The fraction of sp³-hybridized carbons (Fsp3) is 0.417. The maximum atomic E-state index is 12.9. The van der Waals surface area contributed by atoms with Gasteiger partial charge in [-0.2, -0.15) is 0 Å². The molecule has 2 aromatic rings. The van der Waals surface area contributed by atoms with Gasteiger partial charge in [0.1, 0.15) is 5.75 Å². The molecule has 1 aliphatic carbocycles. The summed E-state index contributed by atoms with van der Waals surface area (Å²) >= 11 is 0. The number of nitrogens with one attached hydrogen (secondary N) is 2. The first-order valence-electron chi connectivity index (χ1n) is 10.6. The van der Waals surface area contributed by atoms with E-state index in [2.05, 4.69) is 10.6 Å². The molecule has 0 spiro atoms. The van der Waals surface area contributed by atoms with Crippen LogP contribution in [0.15, 0.2) is 30.3 Å². The number of carbonyl (C=O) groups is 2. The Balaban J connectivity index is 1.80. The van der Waals surface area contributed by atoms with Crippen LogP contribution in [0.3, 0.4) is 0 Å². The number of hydrogen-bond donors (Lipinski definition) is 2. The van der Waals surface area contributed by atoms with E-state index in [1.165, 1.54) is 27.8 Å². The van der Waals surface area contributed by atoms with E-state index >= 15 is 0 Å². The Morgan fingerprint density at radius 3 is 1.97 bits per heavy atom. The summed E-state index contributed by atoms with van der Waals surface area (Å²) in [7, 11) is 6.02. The van der Waals surface area contributed by atoms with Crippen LogP contribution >= 0.6 is 0 Å². The van der Waals surface area contributed by atoms with Gasteiger partial charge >= 0.3 is 0 Å². The van der Waals surface area contributed by atoms with Crippen LogP contribution in [0, 0.1) is 5.92 Å². The molecule has 8 nitrogen and oxygen atoms in total. The predicted molar refractivity (Wildman–Crippen MR) is 122 cm³/mol. The van der Waals surface area contributed by atoms with E-state index in [1.54, 1.807) is 37.4 Å². The van der Waals surface area contributed by atoms with Crippen molar-refractivity contribution in [2.75, 3.05) is 39.1 Å². The Morgan fingerprint density at radius 2 is 1.41 bits per heavy atom. The molecule has 0 radical (unpaired) electrons. The molecule has 0 heterocycles. The number of hydrogen-bond acceptors (Lipinski definition) is 6. The van der Waals surface area contributed by atoms with Crippen LogP contribution in [-0.2, 0) is 4.79 Å². The summed E-state index contributed by atoms with van der Waals surface area (Å²) in [5.41, 5.74) is 1.37. The molecule has 1 aliphatic rings. The second-order valence-corrected chi connectivity index (χ2v) is 7.61. The lowest BCUT2D eigenvalue weighted by atomic mass is 9.88. The number of benzene rings is 2. The Hall–Kier alpha value is -3.42. The van der Waals surface area contributed by atoms with Gasteiger partial charge in [-0.3, -0.25) is 9.59 Å². The number of ether oxygens (including phenoxy) is 4. The summed E-state index contributed by atoms with van der Waals surface area (Å²) in [6.45, 7) is 0. The molecule has 172 valence electrons. The molecule has 3 rings (SSSR count). The van der Waals surface area contributed by atoms with Crippen molar-refractivity contribution in [1.82, 2.24) is 0 Å². The summed E-state index contributed by atoms with van der Waals surface area (Å²) in [4.78, 5) is 25.6. The molecule has 0 bridgehead atoms. The van der Waals surface area contributed by atoms with Crippen molar-refractivity contribution < 1.29 is 28.5 Å². The van der Waals surface area contributed by atoms with E-state index in [1.807, 2.05) is 0 Å². The third kappa shape index (κ3) is 5.25. The lowest BCUT2D eigenvalue weighted by molar-refractivity contribution is -0.120. The van der Waals surface area contributed by atoms with Crippen LogP contribution in [0.25, 0.3) is 0 Å². The minimum absolute atomic E-state index is 0.00549. The predicted octanol–water partition coefficient (Wildman–Crippen LogP) is 4.49. The maximum Gasteiger partial charge on any atom is 0.255 e. The van der Waals surface area contributed by atoms with E-state index in [9.17, 15) is 9.59 Å². The number of methoxy groups -OCH3 is 4. The van der Waals surface area contributed by atoms with Gasteiger partial charge in [0.05, 0.1) is 34.1 Å². The molecule has 2 N–H and O–H groups in total. The smallest absolute Gasteiger partial charge is 0.255 e. The van der Waals surface area contributed by atoms with Crippen molar-refractivity contribution in [2.45, 2.75) is 32.1 Å². The number of rotatable bonds is 8. The number of carbonyl (C=O) groups excluding carboxylic acids is 2. The zero-order chi connectivity index (χ0) is 23.1. The fourth-order valence-corrected chi connectivity index (χ4v) is 3.90. The number of amides is 2. The minimum Gasteiger partial charge on any atom is -0.495 e. The van der Waals surface area contributed by atoms with Crippen molar-refractivity contribution >= 4 is 23.2 Å². The van der Waals surface area contributed by atoms with Crippen molar-refractivity contribution in [3.63, 3.8) is 0 Å². The molecule has 0 saturated heterocycles. The highest BCUT2D eigenvalue weighted by Crippen LogP contribution is 2.38. The van der Waals surface area contributed by atoms with Crippen LogP contribution < -0.4 is 29.6 Å². The third-order valence-electron chi connectivity index (χ3n) is 5.62. The van der Waals surface area contributed by atoms with Crippen LogP contribution in [0.2, 0.25) is 0 Å². The van der Waals surface area contributed by atoms with Gasteiger partial charge in [0.25, 0.3) is 5.91 Å². The zero-order valence-corrected chi connectivity index (χ0v) is 18.9. The number of anilines is 2. The van der Waals surface area contributed by atoms with E-state index < -0.39 is 0 Å². The largest absolute Gasteiger partial charge is 0.495 e. The molecule has 0 aromatic heterocycles. The highest BCUT2D eigenvalue weighted by molar-refractivity contribution is 6.05. The maximum absolute atomic E-state index is 12.9. The SMILES string of the molecule is COc1ccc(NC(=O)c2cc(OC)c(OC)c(OC)c2)cc1NC(=O)C1CCCCC1.